The van der Waals surface area contributed by atoms with E-state index in [0.717, 1.165) is 12.8 Å². The largest absolute Gasteiger partial charge is 0.490 e. The lowest BCUT2D eigenvalue weighted by Gasteiger charge is -2.25. The van der Waals surface area contributed by atoms with Gasteiger partial charge in [0, 0.05) is 29.1 Å². The van der Waals surface area contributed by atoms with Gasteiger partial charge < -0.3 is 15.2 Å². The van der Waals surface area contributed by atoms with Crippen molar-refractivity contribution in [3.8, 4) is 5.75 Å². The Morgan fingerprint density at radius 1 is 1.35 bits per heavy atom. The van der Waals surface area contributed by atoms with Crippen LogP contribution in [0.4, 0.5) is 0 Å². The van der Waals surface area contributed by atoms with E-state index >= 15 is 0 Å². The van der Waals surface area contributed by atoms with Crippen LogP contribution >= 0.6 is 11.3 Å². The van der Waals surface area contributed by atoms with Crippen LogP contribution in [0, 0.1) is 0 Å². The van der Waals surface area contributed by atoms with E-state index in [1.807, 2.05) is 26.0 Å². The second-order valence-corrected chi connectivity index (χ2v) is 9.14. The molecule has 0 atom stereocenters. The maximum Gasteiger partial charge on any atom is 0.355 e. The van der Waals surface area contributed by atoms with Crippen LogP contribution in [0.25, 0.3) is 0 Å². The SMILES string of the molecule is CC(C)(Cc1cn(Cc2nc(C(=O)O)cs2)nn1)NC(=O)c1cccc(OC2CC2)c1. The maximum absolute atomic E-state index is 12.7. The minimum atomic E-state index is -1.05. The summed E-state index contributed by atoms with van der Waals surface area (Å²) in [6.45, 7) is 4.19. The smallest absolute Gasteiger partial charge is 0.355 e. The summed E-state index contributed by atoms with van der Waals surface area (Å²) in [6.07, 6.45) is 4.66. The van der Waals surface area contributed by atoms with Gasteiger partial charge in [-0.15, -0.1) is 16.4 Å². The average molecular weight is 442 g/mol. The molecular formula is C21H23N5O4S. The van der Waals surface area contributed by atoms with Gasteiger partial charge in [0.15, 0.2) is 5.69 Å². The number of nitrogens with one attached hydrogen (secondary N) is 1. The zero-order chi connectivity index (χ0) is 22.0. The van der Waals surface area contributed by atoms with Crippen molar-refractivity contribution in [3.05, 3.63) is 57.8 Å². The van der Waals surface area contributed by atoms with Crippen molar-refractivity contribution in [1.29, 1.82) is 0 Å². The van der Waals surface area contributed by atoms with Crippen molar-refractivity contribution in [1.82, 2.24) is 25.3 Å². The minimum Gasteiger partial charge on any atom is -0.490 e. The summed E-state index contributed by atoms with van der Waals surface area (Å²) in [5, 5.41) is 22.4. The van der Waals surface area contributed by atoms with Crippen LogP contribution in [0.15, 0.2) is 35.8 Å². The van der Waals surface area contributed by atoms with E-state index < -0.39 is 11.5 Å². The third-order valence-corrected chi connectivity index (χ3v) is 5.49. The molecule has 162 valence electrons. The number of aromatic nitrogens is 4. The highest BCUT2D eigenvalue weighted by Crippen LogP contribution is 2.27. The molecule has 0 unspecified atom stereocenters. The van der Waals surface area contributed by atoms with Gasteiger partial charge in [0.1, 0.15) is 10.8 Å². The summed E-state index contributed by atoms with van der Waals surface area (Å²) in [4.78, 5) is 27.8. The molecule has 0 saturated heterocycles. The molecule has 1 aliphatic rings. The number of carbonyl (C=O) groups is 2. The lowest BCUT2D eigenvalue weighted by molar-refractivity contribution is 0.0690. The molecule has 0 aliphatic heterocycles. The first kappa shape index (κ1) is 21.0. The van der Waals surface area contributed by atoms with E-state index in [1.165, 1.54) is 16.7 Å². The Balaban J connectivity index is 1.36. The molecule has 2 N–H and O–H groups in total. The number of thiazole rings is 1. The molecule has 10 heteroatoms. The van der Waals surface area contributed by atoms with Crippen LogP contribution in [-0.4, -0.2) is 48.6 Å². The van der Waals surface area contributed by atoms with Crippen molar-refractivity contribution in [2.24, 2.45) is 0 Å². The minimum absolute atomic E-state index is 0.0239. The molecular weight excluding hydrogens is 418 g/mol. The van der Waals surface area contributed by atoms with Gasteiger partial charge in [-0.25, -0.2) is 14.5 Å². The van der Waals surface area contributed by atoms with E-state index in [9.17, 15) is 9.59 Å². The molecule has 1 amide bonds. The Morgan fingerprint density at radius 3 is 2.87 bits per heavy atom. The number of amides is 1. The van der Waals surface area contributed by atoms with Gasteiger partial charge in [0.2, 0.25) is 0 Å². The zero-order valence-electron chi connectivity index (χ0n) is 17.2. The van der Waals surface area contributed by atoms with Crippen LogP contribution in [0.5, 0.6) is 5.75 Å². The Hall–Kier alpha value is -3.27. The maximum atomic E-state index is 12.7. The Bertz CT molecular complexity index is 1100. The highest BCUT2D eigenvalue weighted by Gasteiger charge is 2.25. The highest BCUT2D eigenvalue weighted by atomic mass is 32.1. The Morgan fingerprint density at radius 2 is 2.16 bits per heavy atom. The number of hydrogen-bond acceptors (Lipinski definition) is 7. The summed E-state index contributed by atoms with van der Waals surface area (Å²) >= 11 is 1.26. The monoisotopic (exact) mass is 441 g/mol. The molecule has 1 aliphatic carbocycles. The van der Waals surface area contributed by atoms with E-state index in [1.54, 1.807) is 23.0 Å². The number of hydrogen-bond donors (Lipinski definition) is 2. The van der Waals surface area contributed by atoms with Gasteiger partial charge in [0.25, 0.3) is 5.91 Å². The molecule has 0 spiro atoms. The summed E-state index contributed by atoms with van der Waals surface area (Å²) in [5.74, 6) is -0.518. The number of rotatable bonds is 9. The second-order valence-electron chi connectivity index (χ2n) is 8.20. The third kappa shape index (κ3) is 5.66. The Labute approximate surface area is 183 Å². The van der Waals surface area contributed by atoms with E-state index in [-0.39, 0.29) is 17.7 Å². The quantitative estimate of drug-likeness (QED) is 0.524. The molecule has 1 aromatic carbocycles. The van der Waals surface area contributed by atoms with Gasteiger partial charge in [-0.2, -0.15) is 0 Å². The Kier molecular flexibility index (Phi) is 5.73. The number of carboxylic acid groups (broad SMARTS) is 1. The van der Waals surface area contributed by atoms with Crippen molar-refractivity contribution in [3.63, 3.8) is 0 Å². The fourth-order valence-electron chi connectivity index (χ4n) is 3.08. The molecule has 9 nitrogen and oxygen atoms in total. The van der Waals surface area contributed by atoms with Crippen molar-refractivity contribution < 1.29 is 19.4 Å². The summed E-state index contributed by atoms with van der Waals surface area (Å²) in [7, 11) is 0. The second kappa shape index (κ2) is 8.46. The van der Waals surface area contributed by atoms with E-state index in [2.05, 4.69) is 20.6 Å². The van der Waals surface area contributed by atoms with Crippen LogP contribution < -0.4 is 10.1 Å². The van der Waals surface area contributed by atoms with Gasteiger partial charge in [-0.05, 0) is 44.9 Å². The lowest BCUT2D eigenvalue weighted by atomic mass is 9.98. The van der Waals surface area contributed by atoms with Crippen molar-refractivity contribution >= 4 is 23.2 Å². The van der Waals surface area contributed by atoms with E-state index in [4.69, 9.17) is 9.84 Å². The lowest BCUT2D eigenvalue weighted by Crippen LogP contribution is -2.45. The molecule has 4 rings (SSSR count). The first-order valence-corrected chi connectivity index (χ1v) is 10.8. The standard InChI is InChI=1S/C21H23N5O4S/c1-21(2,23-19(27)13-4-3-5-16(8-13)30-15-6-7-15)9-14-10-26(25-24-14)11-18-22-17(12-31-18)20(28)29/h3-5,8,10,12,15H,6-7,9,11H2,1-2H3,(H,23,27)(H,28,29). The average Bonchev–Trinajstić information content (AvgIpc) is 3.21. The number of nitrogens with zero attached hydrogens (tertiary/aromatic N) is 4. The fraction of sp³-hybridized carbons (Fsp3) is 0.381. The van der Waals surface area contributed by atoms with Gasteiger partial charge in [-0.1, -0.05) is 11.3 Å². The zero-order valence-corrected chi connectivity index (χ0v) is 18.1. The van der Waals surface area contributed by atoms with Crippen LogP contribution in [-0.2, 0) is 13.0 Å². The molecule has 1 fully saturated rings. The van der Waals surface area contributed by atoms with Gasteiger partial charge in [-0.3, -0.25) is 4.79 Å². The normalized spacial score (nSPS) is 13.7. The fourth-order valence-corrected chi connectivity index (χ4v) is 3.84. The topological polar surface area (TPSA) is 119 Å². The first-order valence-electron chi connectivity index (χ1n) is 9.93. The predicted molar refractivity (Wildman–Crippen MR) is 114 cm³/mol. The predicted octanol–water partition coefficient (Wildman–Crippen LogP) is 2.77. The number of carbonyl (C=O) groups excluding carboxylic acids is 1. The first-order chi connectivity index (χ1) is 14.8. The highest BCUT2D eigenvalue weighted by molar-refractivity contribution is 7.09. The molecule has 2 aromatic heterocycles. The van der Waals surface area contributed by atoms with Crippen molar-refractivity contribution in [2.75, 3.05) is 0 Å². The molecule has 3 aromatic rings. The molecule has 31 heavy (non-hydrogen) atoms. The number of aromatic carboxylic acids is 1. The van der Waals surface area contributed by atoms with Gasteiger partial charge >= 0.3 is 5.97 Å². The number of carboxylic acids is 1. The molecule has 0 radical (unpaired) electrons. The van der Waals surface area contributed by atoms with Crippen molar-refractivity contribution in [2.45, 2.75) is 51.3 Å². The number of benzene rings is 1. The van der Waals surface area contributed by atoms with Crippen LogP contribution in [0.1, 0.15) is 58.2 Å². The summed E-state index contributed by atoms with van der Waals surface area (Å²) in [5.41, 5.74) is 0.734. The number of ether oxygens (including phenoxy) is 1. The van der Waals surface area contributed by atoms with Crippen LogP contribution in [0.3, 0.4) is 0 Å². The van der Waals surface area contributed by atoms with Gasteiger partial charge in [0.05, 0.1) is 18.3 Å². The third-order valence-electron chi connectivity index (χ3n) is 4.65. The summed E-state index contributed by atoms with van der Waals surface area (Å²) in [6, 6.07) is 7.21. The summed E-state index contributed by atoms with van der Waals surface area (Å²) < 4.78 is 7.38. The van der Waals surface area contributed by atoms with E-state index in [0.29, 0.717) is 35.0 Å². The molecule has 2 heterocycles. The van der Waals surface area contributed by atoms with Crippen LogP contribution in [0.2, 0.25) is 0 Å². The molecule has 0 bridgehead atoms. The molecule has 1 saturated carbocycles.